The van der Waals surface area contributed by atoms with Crippen molar-refractivity contribution in [3.63, 3.8) is 0 Å². The van der Waals surface area contributed by atoms with Gasteiger partial charge in [-0.05, 0) is 30.2 Å². The predicted octanol–water partition coefficient (Wildman–Crippen LogP) is 1.22. The molecule has 2 unspecified atom stereocenters. The summed E-state index contributed by atoms with van der Waals surface area (Å²) in [6.07, 6.45) is -2.91. The molecular weight excluding hydrogens is 232 g/mol. The molecule has 0 fully saturated rings. The minimum Gasteiger partial charge on any atom is -0.467 e. The summed E-state index contributed by atoms with van der Waals surface area (Å²) < 4.78 is 4.34. The summed E-state index contributed by atoms with van der Waals surface area (Å²) in [5.41, 5.74) is 1.14. The number of carbonyl (C=O) groups excluding carboxylic acids is 1. The number of benzene rings is 1. The summed E-state index contributed by atoms with van der Waals surface area (Å²) in [7, 11) is 1.15. The maximum absolute atomic E-state index is 11.0. The van der Waals surface area contributed by atoms with Crippen molar-refractivity contribution >= 4 is 17.6 Å². The molecule has 2 atom stereocenters. The molecule has 88 valence electrons. The van der Waals surface area contributed by atoms with Crippen LogP contribution < -0.4 is 0 Å². The molecule has 5 heteroatoms. The monoisotopic (exact) mass is 244 g/mol. The molecule has 0 aromatic heterocycles. The van der Waals surface area contributed by atoms with Crippen LogP contribution in [0.25, 0.3) is 0 Å². The van der Waals surface area contributed by atoms with Crippen molar-refractivity contribution in [3.05, 3.63) is 34.3 Å². The van der Waals surface area contributed by atoms with Crippen LogP contribution in [0.5, 0.6) is 0 Å². The standard InChI is InChI=1S/C11H13ClO4/c1-6-5-7(12)3-4-8(6)9(13)10(14)11(15)16-2/h3-5,9-10,13-14H,1-2H3. The smallest absolute Gasteiger partial charge is 0.337 e. The van der Waals surface area contributed by atoms with Crippen LogP contribution in [0.1, 0.15) is 17.2 Å². The molecule has 0 radical (unpaired) electrons. The van der Waals surface area contributed by atoms with E-state index in [4.69, 9.17) is 11.6 Å². The lowest BCUT2D eigenvalue weighted by Gasteiger charge is -2.17. The van der Waals surface area contributed by atoms with Gasteiger partial charge in [0.25, 0.3) is 0 Å². The number of rotatable bonds is 3. The first-order valence-corrected chi connectivity index (χ1v) is 5.05. The third kappa shape index (κ3) is 2.72. The zero-order valence-electron chi connectivity index (χ0n) is 8.98. The number of esters is 1. The van der Waals surface area contributed by atoms with Gasteiger partial charge in [-0.1, -0.05) is 17.7 Å². The Morgan fingerprint density at radius 2 is 2.06 bits per heavy atom. The molecule has 0 amide bonds. The van der Waals surface area contributed by atoms with Gasteiger partial charge in [0.2, 0.25) is 0 Å². The molecule has 0 aliphatic rings. The maximum atomic E-state index is 11.0. The molecule has 0 saturated carbocycles. The highest BCUT2D eigenvalue weighted by Gasteiger charge is 2.27. The molecule has 0 aliphatic carbocycles. The van der Waals surface area contributed by atoms with Gasteiger partial charge in [0.15, 0.2) is 6.10 Å². The number of methoxy groups -OCH3 is 1. The molecule has 16 heavy (non-hydrogen) atoms. The first kappa shape index (κ1) is 13.0. The Morgan fingerprint density at radius 1 is 1.44 bits per heavy atom. The molecule has 1 aromatic rings. The predicted molar refractivity (Wildman–Crippen MR) is 59.2 cm³/mol. The van der Waals surface area contributed by atoms with Gasteiger partial charge in [-0.3, -0.25) is 0 Å². The van der Waals surface area contributed by atoms with Gasteiger partial charge in [-0.2, -0.15) is 0 Å². The molecule has 0 aliphatic heterocycles. The Bertz CT molecular complexity index is 392. The highest BCUT2D eigenvalue weighted by molar-refractivity contribution is 6.30. The van der Waals surface area contributed by atoms with E-state index in [2.05, 4.69) is 4.74 Å². The van der Waals surface area contributed by atoms with Crippen molar-refractivity contribution in [2.75, 3.05) is 7.11 Å². The number of carbonyl (C=O) groups is 1. The molecular formula is C11H13ClO4. The minimum absolute atomic E-state index is 0.447. The van der Waals surface area contributed by atoms with E-state index in [1.807, 2.05) is 0 Å². The number of hydrogen-bond acceptors (Lipinski definition) is 4. The van der Waals surface area contributed by atoms with Crippen LogP contribution in [0, 0.1) is 6.92 Å². The van der Waals surface area contributed by atoms with Crippen LogP contribution in [0.15, 0.2) is 18.2 Å². The van der Waals surface area contributed by atoms with Crippen molar-refractivity contribution in [2.45, 2.75) is 19.1 Å². The molecule has 0 spiro atoms. The maximum Gasteiger partial charge on any atom is 0.337 e. The molecule has 0 bridgehead atoms. The first-order valence-electron chi connectivity index (χ1n) is 4.67. The summed E-state index contributed by atoms with van der Waals surface area (Å²) >= 11 is 5.76. The van der Waals surface area contributed by atoms with Gasteiger partial charge < -0.3 is 14.9 Å². The third-order valence-electron chi connectivity index (χ3n) is 2.29. The Hall–Kier alpha value is -1.10. The number of aryl methyl sites for hydroxylation is 1. The Kier molecular flexibility index (Phi) is 4.29. The topological polar surface area (TPSA) is 66.8 Å². The first-order chi connectivity index (χ1) is 7.47. The lowest BCUT2D eigenvalue weighted by atomic mass is 9.99. The van der Waals surface area contributed by atoms with E-state index in [9.17, 15) is 15.0 Å². The molecule has 4 nitrogen and oxygen atoms in total. The van der Waals surface area contributed by atoms with Crippen LogP contribution in [0.3, 0.4) is 0 Å². The van der Waals surface area contributed by atoms with Crippen LogP contribution >= 0.6 is 11.6 Å². The summed E-state index contributed by atoms with van der Waals surface area (Å²) in [4.78, 5) is 11.0. The van der Waals surface area contributed by atoms with Crippen molar-refractivity contribution in [2.24, 2.45) is 0 Å². The van der Waals surface area contributed by atoms with Gasteiger partial charge in [0.05, 0.1) is 7.11 Å². The van der Waals surface area contributed by atoms with E-state index >= 15 is 0 Å². The van der Waals surface area contributed by atoms with Gasteiger partial charge in [-0.25, -0.2) is 4.79 Å². The molecule has 2 N–H and O–H groups in total. The minimum atomic E-state index is -1.59. The van der Waals surface area contributed by atoms with E-state index in [1.54, 1.807) is 25.1 Å². The van der Waals surface area contributed by atoms with Crippen molar-refractivity contribution in [1.29, 1.82) is 0 Å². The van der Waals surface area contributed by atoms with Crippen LogP contribution in [-0.2, 0) is 9.53 Å². The van der Waals surface area contributed by atoms with Crippen LogP contribution in [0.2, 0.25) is 5.02 Å². The van der Waals surface area contributed by atoms with Crippen molar-refractivity contribution < 1.29 is 19.7 Å². The molecule has 1 aromatic carbocycles. The fourth-order valence-electron chi connectivity index (χ4n) is 1.39. The number of hydrogen-bond donors (Lipinski definition) is 2. The summed E-state index contributed by atoms with van der Waals surface area (Å²) in [6, 6.07) is 4.79. The lowest BCUT2D eigenvalue weighted by molar-refractivity contribution is -0.156. The average Bonchev–Trinajstić information content (AvgIpc) is 2.26. The Labute approximate surface area is 98.4 Å². The quantitative estimate of drug-likeness (QED) is 0.785. The number of ether oxygens (including phenoxy) is 1. The van der Waals surface area contributed by atoms with Crippen molar-refractivity contribution in [1.82, 2.24) is 0 Å². The van der Waals surface area contributed by atoms with E-state index in [1.165, 1.54) is 0 Å². The van der Waals surface area contributed by atoms with Gasteiger partial charge in [-0.15, -0.1) is 0 Å². The third-order valence-corrected chi connectivity index (χ3v) is 2.53. The number of aliphatic hydroxyl groups is 2. The van der Waals surface area contributed by atoms with Gasteiger partial charge >= 0.3 is 5.97 Å². The lowest BCUT2D eigenvalue weighted by Crippen LogP contribution is -2.29. The molecule has 0 heterocycles. The summed E-state index contributed by atoms with van der Waals surface area (Å²) in [5.74, 6) is -0.873. The molecule has 0 saturated heterocycles. The second kappa shape index (κ2) is 5.30. The second-order valence-corrected chi connectivity index (χ2v) is 3.85. The highest BCUT2D eigenvalue weighted by Crippen LogP contribution is 2.24. The summed E-state index contributed by atoms with van der Waals surface area (Å²) in [5, 5.41) is 19.8. The van der Waals surface area contributed by atoms with E-state index in [-0.39, 0.29) is 0 Å². The van der Waals surface area contributed by atoms with Crippen LogP contribution in [0.4, 0.5) is 0 Å². The SMILES string of the molecule is COC(=O)C(O)C(O)c1ccc(Cl)cc1C. The second-order valence-electron chi connectivity index (χ2n) is 3.41. The number of halogens is 1. The van der Waals surface area contributed by atoms with E-state index < -0.39 is 18.2 Å². The highest BCUT2D eigenvalue weighted by atomic mass is 35.5. The zero-order chi connectivity index (χ0) is 12.3. The zero-order valence-corrected chi connectivity index (χ0v) is 9.73. The van der Waals surface area contributed by atoms with Crippen LogP contribution in [-0.4, -0.2) is 29.4 Å². The van der Waals surface area contributed by atoms with E-state index in [0.29, 0.717) is 16.1 Å². The fourth-order valence-corrected chi connectivity index (χ4v) is 1.62. The molecule has 1 rings (SSSR count). The Morgan fingerprint density at radius 3 is 2.56 bits per heavy atom. The summed E-state index contributed by atoms with van der Waals surface area (Å²) in [6.45, 7) is 1.73. The Balaban J connectivity index is 2.96. The normalized spacial score (nSPS) is 14.3. The van der Waals surface area contributed by atoms with Gasteiger partial charge in [0.1, 0.15) is 6.10 Å². The number of aliphatic hydroxyl groups excluding tert-OH is 2. The fraction of sp³-hybridized carbons (Fsp3) is 0.364. The van der Waals surface area contributed by atoms with E-state index in [0.717, 1.165) is 7.11 Å². The van der Waals surface area contributed by atoms with Gasteiger partial charge in [0, 0.05) is 5.02 Å². The average molecular weight is 245 g/mol. The van der Waals surface area contributed by atoms with Crippen molar-refractivity contribution in [3.8, 4) is 0 Å². The largest absolute Gasteiger partial charge is 0.467 e.